The summed E-state index contributed by atoms with van der Waals surface area (Å²) in [7, 11) is 4.91. The Hall–Kier alpha value is -5.10. The molecule has 1 atom stereocenters. The highest BCUT2D eigenvalue weighted by atomic mass is 16.5. The van der Waals surface area contributed by atoms with Gasteiger partial charge in [0.1, 0.15) is 17.0 Å². The number of carbonyl (C=O) groups is 1. The van der Waals surface area contributed by atoms with Gasteiger partial charge in [-0.2, -0.15) is 0 Å². The lowest BCUT2D eigenvalue weighted by Crippen LogP contribution is -2.32. The largest absolute Gasteiger partial charge is 0.496 e. The molecule has 0 N–H and O–H groups in total. The molecular formula is C34H26N2O4. The molecule has 1 spiro atoms. The molecule has 0 saturated carbocycles. The second-order valence-corrected chi connectivity index (χ2v) is 9.81. The molecule has 0 amide bonds. The van der Waals surface area contributed by atoms with E-state index in [-0.39, 0.29) is 5.78 Å². The average molecular weight is 527 g/mol. The van der Waals surface area contributed by atoms with E-state index in [0.29, 0.717) is 17.3 Å². The smallest absolute Gasteiger partial charge is 0.179 e. The lowest BCUT2D eigenvalue weighted by Gasteiger charge is -2.35. The fourth-order valence-electron chi connectivity index (χ4n) is 6.21. The number of hydrogen-bond acceptors (Lipinski definition) is 5. The van der Waals surface area contributed by atoms with Crippen LogP contribution in [-0.2, 0) is 14.9 Å². The minimum atomic E-state index is -0.941. The van der Waals surface area contributed by atoms with Crippen LogP contribution in [0.25, 0.3) is 28.2 Å². The number of benzene rings is 3. The third kappa shape index (κ3) is 3.16. The summed E-state index contributed by atoms with van der Waals surface area (Å²) in [4.78, 5) is 18.3. The maximum atomic E-state index is 12.9. The molecule has 2 heterocycles. The molecule has 1 aliphatic heterocycles. The summed E-state index contributed by atoms with van der Waals surface area (Å²) in [6.45, 7) is 0. The molecule has 196 valence electrons. The fraction of sp³-hybridized carbons (Fsp3) is 0.118. The maximum absolute atomic E-state index is 12.9. The molecule has 0 radical (unpaired) electrons. The Bertz CT molecular complexity index is 1810. The summed E-state index contributed by atoms with van der Waals surface area (Å²) in [6, 6.07) is 24.4. The quantitative estimate of drug-likeness (QED) is 0.303. The number of ketones is 1. The third-order valence-electron chi connectivity index (χ3n) is 7.87. The molecule has 1 unspecified atom stereocenters. The SMILES string of the molecule is COC1=C2C=CC(=O)C=C2C2(C=C1)c1c(ccc(OC)c1OC)-n1c2nc(-c2ccccc2)c1-c1ccccc1. The summed E-state index contributed by atoms with van der Waals surface area (Å²) >= 11 is 0. The Balaban J connectivity index is 1.66. The van der Waals surface area contributed by atoms with Gasteiger partial charge in [0, 0.05) is 22.3 Å². The number of imidazole rings is 1. The van der Waals surface area contributed by atoms with Gasteiger partial charge in [0.05, 0.1) is 38.4 Å². The maximum Gasteiger partial charge on any atom is 0.179 e. The molecule has 0 saturated heterocycles. The molecule has 0 fully saturated rings. The van der Waals surface area contributed by atoms with E-state index in [2.05, 4.69) is 34.9 Å². The van der Waals surface area contributed by atoms with Crippen molar-refractivity contribution in [1.82, 2.24) is 9.55 Å². The second kappa shape index (κ2) is 8.99. The highest BCUT2D eigenvalue weighted by Crippen LogP contribution is 2.60. The van der Waals surface area contributed by atoms with E-state index in [1.807, 2.05) is 60.7 Å². The Morgan fingerprint density at radius 1 is 0.775 bits per heavy atom. The predicted molar refractivity (Wildman–Crippen MR) is 154 cm³/mol. The zero-order chi connectivity index (χ0) is 27.4. The van der Waals surface area contributed by atoms with Crippen molar-refractivity contribution in [3.05, 3.63) is 131 Å². The Kier molecular flexibility index (Phi) is 5.39. The van der Waals surface area contributed by atoms with E-state index < -0.39 is 5.41 Å². The summed E-state index contributed by atoms with van der Waals surface area (Å²) in [6.07, 6.45) is 9.12. The second-order valence-electron chi connectivity index (χ2n) is 9.81. The van der Waals surface area contributed by atoms with Crippen LogP contribution >= 0.6 is 0 Å². The van der Waals surface area contributed by atoms with Crippen molar-refractivity contribution in [2.45, 2.75) is 5.41 Å². The van der Waals surface area contributed by atoms with Crippen LogP contribution in [0.15, 0.2) is 120 Å². The van der Waals surface area contributed by atoms with Crippen LogP contribution in [0.5, 0.6) is 11.5 Å². The van der Waals surface area contributed by atoms with Crippen LogP contribution in [0, 0.1) is 0 Å². The van der Waals surface area contributed by atoms with Crippen LogP contribution in [0.4, 0.5) is 0 Å². The minimum Gasteiger partial charge on any atom is -0.496 e. The summed E-state index contributed by atoms with van der Waals surface area (Å²) in [5, 5.41) is 0. The van der Waals surface area contributed by atoms with E-state index >= 15 is 0 Å². The van der Waals surface area contributed by atoms with E-state index in [4.69, 9.17) is 19.2 Å². The van der Waals surface area contributed by atoms with E-state index in [1.165, 1.54) is 0 Å². The fourth-order valence-corrected chi connectivity index (χ4v) is 6.21. The van der Waals surface area contributed by atoms with E-state index in [0.717, 1.165) is 50.7 Å². The third-order valence-corrected chi connectivity index (χ3v) is 7.87. The standard InChI is InChI=1S/C34H26N2O4/c1-38-27-18-19-34(25-20-23(37)14-15-24(25)27)29-26(16-17-28(39-2)32(29)40-3)36-31(22-12-8-5-9-13-22)30(35-33(34)36)21-10-6-4-7-11-21/h4-20H,1-3H3. The molecule has 1 aromatic heterocycles. The van der Waals surface area contributed by atoms with Crippen LogP contribution in [0.2, 0.25) is 0 Å². The normalized spacial score (nSPS) is 18.4. The number of nitrogens with zero attached hydrogens (tertiary/aromatic N) is 2. The topological polar surface area (TPSA) is 62.6 Å². The van der Waals surface area contributed by atoms with Crippen LogP contribution in [0.1, 0.15) is 11.4 Å². The summed E-state index contributed by atoms with van der Waals surface area (Å²) in [5.41, 5.74) is 6.30. The molecule has 2 aliphatic carbocycles. The molecule has 3 aliphatic rings. The molecule has 3 aromatic carbocycles. The summed E-state index contributed by atoms with van der Waals surface area (Å²) in [5.74, 6) is 2.55. The van der Waals surface area contributed by atoms with Gasteiger partial charge >= 0.3 is 0 Å². The van der Waals surface area contributed by atoms with Gasteiger partial charge < -0.3 is 14.2 Å². The Labute approximate surface area is 232 Å². The number of methoxy groups -OCH3 is 3. The van der Waals surface area contributed by atoms with Crippen molar-refractivity contribution in [3.63, 3.8) is 0 Å². The Morgan fingerprint density at radius 2 is 1.50 bits per heavy atom. The van der Waals surface area contributed by atoms with Crippen molar-refractivity contribution in [2.24, 2.45) is 0 Å². The van der Waals surface area contributed by atoms with Crippen LogP contribution < -0.4 is 9.47 Å². The number of allylic oxidation sites excluding steroid dienone is 7. The predicted octanol–water partition coefficient (Wildman–Crippen LogP) is 6.36. The lowest BCUT2D eigenvalue weighted by molar-refractivity contribution is -0.110. The van der Waals surface area contributed by atoms with Crippen LogP contribution in [-0.4, -0.2) is 36.7 Å². The highest BCUT2D eigenvalue weighted by Gasteiger charge is 2.53. The molecule has 6 nitrogen and oxygen atoms in total. The van der Waals surface area contributed by atoms with Crippen molar-refractivity contribution < 1.29 is 19.0 Å². The van der Waals surface area contributed by atoms with E-state index in [1.54, 1.807) is 33.5 Å². The van der Waals surface area contributed by atoms with Crippen molar-refractivity contribution >= 4 is 5.78 Å². The van der Waals surface area contributed by atoms with Crippen LogP contribution in [0.3, 0.4) is 0 Å². The molecule has 0 bridgehead atoms. The highest BCUT2D eigenvalue weighted by molar-refractivity contribution is 6.04. The molecular weight excluding hydrogens is 500 g/mol. The first-order chi connectivity index (χ1) is 19.6. The first-order valence-corrected chi connectivity index (χ1v) is 13.0. The monoisotopic (exact) mass is 526 g/mol. The van der Waals surface area contributed by atoms with Crippen molar-refractivity contribution in [3.8, 4) is 39.7 Å². The number of hydrogen-bond donors (Lipinski definition) is 0. The number of ether oxygens (including phenoxy) is 3. The van der Waals surface area contributed by atoms with Crippen molar-refractivity contribution in [1.29, 1.82) is 0 Å². The van der Waals surface area contributed by atoms with Gasteiger partial charge in [-0.05, 0) is 42.0 Å². The van der Waals surface area contributed by atoms with Gasteiger partial charge in [-0.3, -0.25) is 9.36 Å². The Morgan fingerprint density at radius 3 is 2.17 bits per heavy atom. The number of fused-ring (bicyclic) bond motifs is 7. The van der Waals surface area contributed by atoms with Gasteiger partial charge in [-0.1, -0.05) is 66.7 Å². The molecule has 40 heavy (non-hydrogen) atoms. The number of rotatable bonds is 5. The van der Waals surface area contributed by atoms with E-state index in [9.17, 15) is 4.79 Å². The number of carbonyl (C=O) groups excluding carboxylic acids is 1. The molecule has 6 heteroatoms. The zero-order valence-electron chi connectivity index (χ0n) is 22.3. The lowest BCUT2D eigenvalue weighted by atomic mass is 9.67. The van der Waals surface area contributed by atoms with Gasteiger partial charge in [0.2, 0.25) is 0 Å². The zero-order valence-corrected chi connectivity index (χ0v) is 22.3. The van der Waals surface area contributed by atoms with Gasteiger partial charge in [0.25, 0.3) is 0 Å². The average Bonchev–Trinajstić information content (AvgIpc) is 3.52. The van der Waals surface area contributed by atoms with Crippen molar-refractivity contribution in [2.75, 3.05) is 21.3 Å². The first-order valence-electron chi connectivity index (χ1n) is 13.0. The van der Waals surface area contributed by atoms with Gasteiger partial charge in [-0.15, -0.1) is 0 Å². The van der Waals surface area contributed by atoms with Gasteiger partial charge in [0.15, 0.2) is 17.3 Å². The molecule has 7 rings (SSSR count). The summed E-state index contributed by atoms with van der Waals surface area (Å²) < 4.78 is 19.8. The number of aromatic nitrogens is 2. The van der Waals surface area contributed by atoms with Gasteiger partial charge in [-0.25, -0.2) is 4.98 Å². The molecule has 4 aromatic rings. The minimum absolute atomic E-state index is 0.0936. The first kappa shape index (κ1) is 24.0.